The van der Waals surface area contributed by atoms with Crippen LogP contribution < -0.4 is 10.6 Å². The molecule has 0 atom stereocenters. The molecule has 0 spiro atoms. The molecule has 1 heterocycles. The van der Waals surface area contributed by atoms with Crippen molar-refractivity contribution in [1.29, 1.82) is 0 Å². The number of benzene rings is 1. The maximum Gasteiger partial charge on any atom is 0.190 e. The lowest BCUT2D eigenvalue weighted by Gasteiger charge is -2.11. The van der Waals surface area contributed by atoms with Gasteiger partial charge < -0.3 is 19.8 Å². The molecule has 2 aromatic rings. The smallest absolute Gasteiger partial charge is 0.190 e. The maximum atomic E-state index is 5.55. The molecule has 0 saturated carbocycles. The molecule has 0 unspecified atom stereocenters. The Labute approximate surface area is 144 Å². The van der Waals surface area contributed by atoms with E-state index >= 15 is 0 Å². The second-order valence-corrected chi connectivity index (χ2v) is 5.50. The van der Waals surface area contributed by atoms with Crippen LogP contribution in [0.15, 0.2) is 58.1 Å². The van der Waals surface area contributed by atoms with Gasteiger partial charge in [0.15, 0.2) is 5.96 Å². The van der Waals surface area contributed by atoms with E-state index in [9.17, 15) is 0 Å². The van der Waals surface area contributed by atoms with E-state index < -0.39 is 0 Å². The van der Waals surface area contributed by atoms with Gasteiger partial charge in [-0.25, -0.2) is 0 Å². The minimum absolute atomic E-state index is 0.527. The fraction of sp³-hybridized carbons (Fsp3) is 0.421. The normalized spacial score (nSPS) is 11.5. The average Bonchev–Trinajstić information content (AvgIpc) is 3.14. The van der Waals surface area contributed by atoms with Gasteiger partial charge in [0.1, 0.15) is 12.4 Å². The number of ether oxygens (including phenoxy) is 1. The van der Waals surface area contributed by atoms with Crippen LogP contribution in [-0.4, -0.2) is 32.7 Å². The summed E-state index contributed by atoms with van der Waals surface area (Å²) in [7, 11) is 1.79. The molecule has 1 aromatic carbocycles. The Bertz CT molecular complexity index is 568. The molecule has 0 aliphatic carbocycles. The first-order valence-corrected chi connectivity index (χ1v) is 8.47. The van der Waals surface area contributed by atoms with Crippen LogP contribution in [0, 0.1) is 0 Å². The molecule has 0 saturated heterocycles. The molecule has 0 radical (unpaired) electrons. The van der Waals surface area contributed by atoms with Crippen molar-refractivity contribution in [2.75, 3.05) is 26.7 Å². The van der Waals surface area contributed by atoms with E-state index in [0.29, 0.717) is 13.2 Å². The Morgan fingerprint density at radius 3 is 2.54 bits per heavy atom. The number of nitrogens with zero attached hydrogens (tertiary/aromatic N) is 1. The van der Waals surface area contributed by atoms with Crippen LogP contribution in [0.4, 0.5) is 0 Å². The summed E-state index contributed by atoms with van der Waals surface area (Å²) in [5, 5.41) is 6.63. The molecular weight excluding hydrogens is 302 g/mol. The minimum atomic E-state index is 0.527. The van der Waals surface area contributed by atoms with Crippen molar-refractivity contribution in [1.82, 2.24) is 10.6 Å². The van der Waals surface area contributed by atoms with Crippen molar-refractivity contribution in [2.45, 2.75) is 25.9 Å². The molecule has 5 nitrogen and oxygen atoms in total. The van der Waals surface area contributed by atoms with Crippen molar-refractivity contribution in [3.63, 3.8) is 0 Å². The van der Waals surface area contributed by atoms with Crippen LogP contribution in [0.3, 0.4) is 0 Å². The number of guanidine groups is 1. The van der Waals surface area contributed by atoms with Gasteiger partial charge in [-0.2, -0.15) is 0 Å². The summed E-state index contributed by atoms with van der Waals surface area (Å²) >= 11 is 0. The fourth-order valence-corrected chi connectivity index (χ4v) is 2.31. The molecule has 5 heteroatoms. The highest BCUT2D eigenvalue weighted by atomic mass is 16.5. The molecule has 130 valence electrons. The van der Waals surface area contributed by atoms with Crippen molar-refractivity contribution in [2.24, 2.45) is 4.99 Å². The number of aliphatic imine (C=N–C) groups is 1. The topological polar surface area (TPSA) is 58.8 Å². The molecule has 0 bridgehead atoms. The van der Waals surface area contributed by atoms with E-state index in [-0.39, 0.29) is 0 Å². The lowest BCUT2D eigenvalue weighted by Crippen LogP contribution is -2.38. The summed E-state index contributed by atoms with van der Waals surface area (Å²) < 4.78 is 10.8. The lowest BCUT2D eigenvalue weighted by atomic mass is 10.1. The number of aryl methyl sites for hydroxylation is 1. The van der Waals surface area contributed by atoms with Crippen LogP contribution >= 0.6 is 0 Å². The zero-order valence-corrected chi connectivity index (χ0v) is 14.3. The molecule has 0 amide bonds. The van der Waals surface area contributed by atoms with Crippen LogP contribution in [0.5, 0.6) is 0 Å². The predicted molar refractivity (Wildman–Crippen MR) is 97.1 cm³/mol. The molecule has 0 aliphatic rings. The summed E-state index contributed by atoms with van der Waals surface area (Å²) in [6.45, 7) is 2.96. The molecular formula is C19H27N3O2. The average molecular weight is 329 g/mol. The van der Waals surface area contributed by atoms with Crippen molar-refractivity contribution in [3.8, 4) is 0 Å². The van der Waals surface area contributed by atoms with E-state index in [4.69, 9.17) is 9.15 Å². The third-order valence-corrected chi connectivity index (χ3v) is 3.58. The summed E-state index contributed by atoms with van der Waals surface area (Å²) in [5.41, 5.74) is 1.37. The fourth-order valence-electron chi connectivity index (χ4n) is 2.31. The summed E-state index contributed by atoms with van der Waals surface area (Å²) in [6.07, 6.45) is 4.74. The van der Waals surface area contributed by atoms with Gasteiger partial charge in [-0.15, -0.1) is 0 Å². The second-order valence-electron chi connectivity index (χ2n) is 5.50. The number of hydrogen-bond acceptors (Lipinski definition) is 3. The van der Waals surface area contributed by atoms with Gasteiger partial charge in [0.25, 0.3) is 0 Å². The highest BCUT2D eigenvalue weighted by molar-refractivity contribution is 5.79. The summed E-state index contributed by atoms with van der Waals surface area (Å²) in [4.78, 5) is 4.23. The number of hydrogen-bond donors (Lipinski definition) is 2. The van der Waals surface area contributed by atoms with Crippen LogP contribution in [-0.2, 0) is 17.8 Å². The summed E-state index contributed by atoms with van der Waals surface area (Å²) in [5.74, 6) is 1.70. The van der Waals surface area contributed by atoms with E-state index in [1.54, 1.807) is 13.3 Å². The van der Waals surface area contributed by atoms with Crippen molar-refractivity contribution < 1.29 is 9.15 Å². The number of nitrogens with one attached hydrogen (secondary N) is 2. The number of furan rings is 1. The minimum Gasteiger partial charge on any atom is -0.467 e. The van der Waals surface area contributed by atoms with Gasteiger partial charge >= 0.3 is 0 Å². The molecule has 2 rings (SSSR count). The zero-order chi connectivity index (χ0) is 16.9. The first-order chi connectivity index (χ1) is 11.9. The highest BCUT2D eigenvalue weighted by Crippen LogP contribution is 2.02. The van der Waals surface area contributed by atoms with Crippen molar-refractivity contribution >= 4 is 5.96 Å². The van der Waals surface area contributed by atoms with E-state index in [2.05, 4.69) is 39.9 Å². The molecule has 24 heavy (non-hydrogen) atoms. The third-order valence-electron chi connectivity index (χ3n) is 3.58. The highest BCUT2D eigenvalue weighted by Gasteiger charge is 1.98. The van der Waals surface area contributed by atoms with Crippen LogP contribution in [0.25, 0.3) is 0 Å². The van der Waals surface area contributed by atoms with Gasteiger partial charge in [0.05, 0.1) is 6.26 Å². The standard InChI is InChI=1S/C19H27N3O2/c1-20-19(21-12-5-10-17-8-3-2-4-9-17)22-13-7-14-23-16-18-11-6-15-24-18/h2-4,6,8-9,11,15H,5,7,10,12-14,16H2,1H3,(H2,20,21,22). The Kier molecular flexibility index (Phi) is 8.51. The van der Waals surface area contributed by atoms with Gasteiger partial charge in [-0.1, -0.05) is 30.3 Å². The van der Waals surface area contributed by atoms with Crippen molar-refractivity contribution in [3.05, 3.63) is 60.1 Å². The first kappa shape index (κ1) is 18.1. The Morgan fingerprint density at radius 2 is 1.83 bits per heavy atom. The molecule has 2 N–H and O–H groups in total. The van der Waals surface area contributed by atoms with Gasteiger partial charge in [0, 0.05) is 26.7 Å². The molecule has 0 aliphatic heterocycles. The quantitative estimate of drug-likeness (QED) is 0.400. The molecule has 0 fully saturated rings. The Hall–Kier alpha value is -2.27. The van der Waals surface area contributed by atoms with E-state index in [1.807, 2.05) is 18.2 Å². The van der Waals surface area contributed by atoms with Gasteiger partial charge in [-0.3, -0.25) is 4.99 Å². The third kappa shape index (κ3) is 7.33. The largest absolute Gasteiger partial charge is 0.467 e. The monoisotopic (exact) mass is 329 g/mol. The Morgan fingerprint density at radius 1 is 1.04 bits per heavy atom. The maximum absolute atomic E-state index is 5.55. The Balaban J connectivity index is 1.48. The first-order valence-electron chi connectivity index (χ1n) is 8.47. The predicted octanol–water partition coefficient (Wildman–Crippen LogP) is 2.98. The molecule has 1 aromatic heterocycles. The van der Waals surface area contributed by atoms with Crippen LogP contribution in [0.1, 0.15) is 24.2 Å². The summed E-state index contributed by atoms with van der Waals surface area (Å²) in [6, 6.07) is 14.3. The van der Waals surface area contributed by atoms with Gasteiger partial charge in [0.2, 0.25) is 0 Å². The van der Waals surface area contributed by atoms with Gasteiger partial charge in [-0.05, 0) is 37.0 Å². The lowest BCUT2D eigenvalue weighted by molar-refractivity contribution is 0.105. The zero-order valence-electron chi connectivity index (χ0n) is 14.3. The van der Waals surface area contributed by atoms with Crippen LogP contribution in [0.2, 0.25) is 0 Å². The second kappa shape index (κ2) is 11.3. The SMILES string of the molecule is CN=C(NCCCOCc1ccco1)NCCCc1ccccc1. The van der Waals surface area contributed by atoms with E-state index in [0.717, 1.165) is 44.1 Å². The number of rotatable bonds is 10. The van der Waals surface area contributed by atoms with E-state index in [1.165, 1.54) is 5.56 Å².